The molecule has 3 unspecified atom stereocenters. The van der Waals surface area contributed by atoms with Gasteiger partial charge in [0.05, 0.1) is 19.6 Å². The number of carboxylic acids is 3. The molecule has 25 heavy (non-hydrogen) atoms. The van der Waals surface area contributed by atoms with Gasteiger partial charge in [-0.1, -0.05) is 20.8 Å². The zero-order valence-corrected chi connectivity index (χ0v) is 15.2. The minimum absolute atomic E-state index is 0.127. The van der Waals surface area contributed by atoms with Crippen molar-refractivity contribution in [2.45, 2.75) is 52.1 Å². The molecule has 0 saturated heterocycles. The van der Waals surface area contributed by atoms with E-state index >= 15 is 0 Å². The Kier molecular flexibility index (Phi) is 8.31. The maximum absolute atomic E-state index is 11.2. The second-order valence-electron chi connectivity index (χ2n) is 7.10. The van der Waals surface area contributed by atoms with Crippen molar-refractivity contribution in [1.82, 2.24) is 9.80 Å². The molecule has 1 aliphatic carbocycles. The molecule has 1 aliphatic rings. The van der Waals surface area contributed by atoms with Gasteiger partial charge in [0, 0.05) is 12.1 Å². The second-order valence-corrected chi connectivity index (χ2v) is 7.10. The van der Waals surface area contributed by atoms with Crippen LogP contribution in [0, 0.1) is 11.8 Å². The molecule has 1 saturated carbocycles. The molecule has 3 N–H and O–H groups in total. The van der Waals surface area contributed by atoms with Gasteiger partial charge in [0.25, 0.3) is 0 Å². The highest BCUT2D eigenvalue weighted by Crippen LogP contribution is 2.35. The molecular formula is C17H30N2O6. The fourth-order valence-electron chi connectivity index (χ4n) is 3.86. The van der Waals surface area contributed by atoms with Gasteiger partial charge < -0.3 is 15.3 Å². The lowest BCUT2D eigenvalue weighted by atomic mass is 9.75. The highest BCUT2D eigenvalue weighted by molar-refractivity contribution is 5.72. The van der Waals surface area contributed by atoms with E-state index in [1.807, 2.05) is 11.8 Å². The minimum atomic E-state index is -1.08. The lowest BCUT2D eigenvalue weighted by Gasteiger charge is -2.46. The van der Waals surface area contributed by atoms with Crippen LogP contribution in [0.2, 0.25) is 0 Å². The minimum Gasteiger partial charge on any atom is -0.480 e. The molecule has 1 rings (SSSR count). The average Bonchev–Trinajstić information content (AvgIpc) is 2.50. The van der Waals surface area contributed by atoms with Gasteiger partial charge in [-0.25, -0.2) is 0 Å². The Labute approximate surface area is 148 Å². The van der Waals surface area contributed by atoms with Crippen LogP contribution in [0.1, 0.15) is 40.0 Å². The molecular weight excluding hydrogens is 328 g/mol. The normalized spacial score (nSPS) is 24.0. The third-order valence-corrected chi connectivity index (χ3v) is 5.12. The summed E-state index contributed by atoms with van der Waals surface area (Å²) < 4.78 is 0. The van der Waals surface area contributed by atoms with Crippen molar-refractivity contribution in [2.24, 2.45) is 11.8 Å². The van der Waals surface area contributed by atoms with E-state index in [1.54, 1.807) is 0 Å². The molecule has 0 heterocycles. The summed E-state index contributed by atoms with van der Waals surface area (Å²) in [6, 6.07) is -0.442. The van der Waals surface area contributed by atoms with Crippen molar-refractivity contribution >= 4 is 17.9 Å². The van der Waals surface area contributed by atoms with Crippen LogP contribution in [0.15, 0.2) is 0 Å². The topological polar surface area (TPSA) is 118 Å². The molecule has 0 aromatic heterocycles. The number of rotatable bonds is 10. The van der Waals surface area contributed by atoms with Crippen molar-refractivity contribution in [2.75, 3.05) is 26.2 Å². The monoisotopic (exact) mass is 358 g/mol. The van der Waals surface area contributed by atoms with Crippen molar-refractivity contribution in [3.8, 4) is 0 Å². The van der Waals surface area contributed by atoms with Crippen LogP contribution < -0.4 is 0 Å². The summed E-state index contributed by atoms with van der Waals surface area (Å²) in [5.41, 5.74) is 0. The maximum Gasteiger partial charge on any atom is 0.317 e. The van der Waals surface area contributed by atoms with Crippen LogP contribution in [0.3, 0.4) is 0 Å². The number of likely N-dealkylation sites (N-methyl/N-ethyl adjacent to an activating group) is 1. The lowest BCUT2D eigenvalue weighted by Crippen LogP contribution is -2.57. The first-order valence-electron chi connectivity index (χ1n) is 8.79. The summed E-state index contributed by atoms with van der Waals surface area (Å²) in [5.74, 6) is -2.31. The molecule has 0 amide bonds. The Morgan fingerprint density at radius 2 is 1.36 bits per heavy atom. The van der Waals surface area contributed by atoms with E-state index in [1.165, 1.54) is 4.90 Å². The highest BCUT2D eigenvalue weighted by Gasteiger charge is 2.39. The van der Waals surface area contributed by atoms with Gasteiger partial charge >= 0.3 is 17.9 Å². The fourth-order valence-corrected chi connectivity index (χ4v) is 3.86. The largest absolute Gasteiger partial charge is 0.480 e. The molecule has 0 bridgehead atoms. The van der Waals surface area contributed by atoms with E-state index < -0.39 is 17.9 Å². The average molecular weight is 358 g/mol. The number of hydrogen-bond donors (Lipinski definition) is 3. The number of hydrogen-bond acceptors (Lipinski definition) is 5. The summed E-state index contributed by atoms with van der Waals surface area (Å²) in [6.07, 6.45) is 2.35. The summed E-state index contributed by atoms with van der Waals surface area (Å²) in [4.78, 5) is 36.9. The lowest BCUT2D eigenvalue weighted by molar-refractivity contribution is -0.146. The summed E-state index contributed by atoms with van der Waals surface area (Å²) >= 11 is 0. The second kappa shape index (κ2) is 9.72. The van der Waals surface area contributed by atoms with Gasteiger partial charge in [0.15, 0.2) is 0 Å². The Balaban J connectivity index is 3.11. The molecule has 8 nitrogen and oxygen atoms in total. The van der Waals surface area contributed by atoms with Crippen LogP contribution >= 0.6 is 0 Å². The first-order chi connectivity index (χ1) is 11.6. The van der Waals surface area contributed by atoms with Crippen LogP contribution in [-0.2, 0) is 14.4 Å². The molecule has 0 radical (unpaired) electrons. The SMILES string of the molecule is CCN(CC(=O)O)C1CCC(C(C)C)CC1N(CC(=O)O)CC(=O)O. The number of nitrogens with zero attached hydrogens (tertiary/aromatic N) is 2. The van der Waals surface area contributed by atoms with Crippen molar-refractivity contribution < 1.29 is 29.7 Å². The summed E-state index contributed by atoms with van der Waals surface area (Å²) in [5, 5.41) is 27.5. The van der Waals surface area contributed by atoms with Gasteiger partial charge in [-0.3, -0.25) is 24.2 Å². The van der Waals surface area contributed by atoms with E-state index in [2.05, 4.69) is 13.8 Å². The fraction of sp³-hybridized carbons (Fsp3) is 0.824. The smallest absolute Gasteiger partial charge is 0.317 e. The molecule has 0 aromatic carbocycles. The highest BCUT2D eigenvalue weighted by atomic mass is 16.4. The van der Waals surface area contributed by atoms with Crippen LogP contribution in [0.25, 0.3) is 0 Å². The Morgan fingerprint density at radius 1 is 0.880 bits per heavy atom. The zero-order chi connectivity index (χ0) is 19.1. The van der Waals surface area contributed by atoms with Crippen molar-refractivity contribution in [3.63, 3.8) is 0 Å². The predicted octanol–water partition coefficient (Wildman–Crippen LogP) is 1.06. The van der Waals surface area contributed by atoms with Gasteiger partial charge in [-0.05, 0) is 37.6 Å². The van der Waals surface area contributed by atoms with Gasteiger partial charge in [0.2, 0.25) is 0 Å². The Bertz CT molecular complexity index is 466. The molecule has 1 fully saturated rings. The van der Waals surface area contributed by atoms with Gasteiger partial charge in [-0.2, -0.15) is 0 Å². The van der Waals surface area contributed by atoms with E-state index in [0.29, 0.717) is 24.8 Å². The van der Waals surface area contributed by atoms with Crippen molar-refractivity contribution in [1.29, 1.82) is 0 Å². The van der Waals surface area contributed by atoms with Crippen LogP contribution in [-0.4, -0.2) is 81.3 Å². The molecule has 0 spiro atoms. The molecule has 0 aromatic rings. The molecule has 0 aliphatic heterocycles. The predicted molar refractivity (Wildman–Crippen MR) is 91.5 cm³/mol. The van der Waals surface area contributed by atoms with E-state index in [0.717, 1.165) is 12.8 Å². The van der Waals surface area contributed by atoms with Crippen molar-refractivity contribution in [3.05, 3.63) is 0 Å². The third-order valence-electron chi connectivity index (χ3n) is 5.12. The maximum atomic E-state index is 11.2. The van der Waals surface area contributed by atoms with E-state index in [4.69, 9.17) is 5.11 Å². The third kappa shape index (κ3) is 6.62. The van der Waals surface area contributed by atoms with Crippen LogP contribution in [0.4, 0.5) is 0 Å². The van der Waals surface area contributed by atoms with Gasteiger partial charge in [-0.15, -0.1) is 0 Å². The Morgan fingerprint density at radius 3 is 1.76 bits per heavy atom. The van der Waals surface area contributed by atoms with Crippen LogP contribution in [0.5, 0.6) is 0 Å². The summed E-state index contributed by atoms with van der Waals surface area (Å²) in [7, 11) is 0. The summed E-state index contributed by atoms with van der Waals surface area (Å²) in [6.45, 7) is 5.76. The molecule has 8 heteroatoms. The number of carbonyl (C=O) groups is 3. The molecule has 3 atom stereocenters. The number of aliphatic carboxylic acids is 3. The first kappa shape index (κ1) is 21.4. The number of carboxylic acid groups (broad SMARTS) is 3. The standard InChI is InChI=1S/C17H30N2O6/c1-4-18(8-15(20)21)13-6-5-12(11(2)3)7-14(13)19(9-16(22)23)10-17(24)25/h11-14H,4-10H2,1-3H3,(H,20,21)(H,22,23)(H,24,25). The van der Waals surface area contributed by atoms with E-state index in [9.17, 15) is 24.6 Å². The first-order valence-corrected chi connectivity index (χ1v) is 8.79. The zero-order valence-electron chi connectivity index (χ0n) is 15.2. The molecule has 144 valence electrons. The Hall–Kier alpha value is -1.67. The van der Waals surface area contributed by atoms with E-state index in [-0.39, 0.29) is 31.7 Å². The van der Waals surface area contributed by atoms with Gasteiger partial charge in [0.1, 0.15) is 0 Å². The quantitative estimate of drug-likeness (QED) is 0.530.